The number of para-hydroxylation sites is 1. The smallest absolute Gasteiger partial charge is 0.339 e. The van der Waals surface area contributed by atoms with Crippen LogP contribution in [0.15, 0.2) is 84.3 Å². The fourth-order valence-corrected chi connectivity index (χ4v) is 4.03. The molecule has 172 valence electrons. The van der Waals surface area contributed by atoms with E-state index >= 15 is 0 Å². The Morgan fingerprint density at radius 1 is 1.03 bits per heavy atom. The minimum atomic E-state index is -0.323. The van der Waals surface area contributed by atoms with Crippen LogP contribution in [0.25, 0.3) is 11.4 Å². The number of aromatic nitrogens is 2. The van der Waals surface area contributed by atoms with E-state index in [9.17, 15) is 4.79 Å². The average molecular weight is 454 g/mol. The van der Waals surface area contributed by atoms with Crippen LogP contribution in [0.3, 0.4) is 0 Å². The van der Waals surface area contributed by atoms with Crippen LogP contribution in [0.1, 0.15) is 23.7 Å². The maximum absolute atomic E-state index is 13.8. The number of nitrogens with one attached hydrogen (secondary N) is 2. The van der Waals surface area contributed by atoms with Gasteiger partial charge in [-0.3, -0.25) is 4.57 Å². The van der Waals surface area contributed by atoms with Gasteiger partial charge in [0.2, 0.25) is 0 Å². The summed E-state index contributed by atoms with van der Waals surface area (Å²) in [6.45, 7) is 9.23. The van der Waals surface area contributed by atoms with Gasteiger partial charge in [0.25, 0.3) is 0 Å². The Morgan fingerprint density at radius 2 is 1.76 bits per heavy atom. The number of hydrogen-bond donors (Lipinski definition) is 3. The van der Waals surface area contributed by atoms with Gasteiger partial charge < -0.3 is 21.2 Å². The normalized spacial score (nSPS) is 10.7. The number of rotatable bonds is 7. The fraction of sp³-hybridized carbons (Fsp3) is 0.111. The molecule has 0 aliphatic rings. The molecule has 0 bridgehead atoms. The Kier molecular flexibility index (Phi) is 6.10. The number of anilines is 2. The van der Waals surface area contributed by atoms with E-state index < -0.39 is 0 Å². The van der Waals surface area contributed by atoms with Gasteiger partial charge in [-0.05, 0) is 86.6 Å². The number of nitrogens with two attached hydrogens (primary N) is 1. The topological polar surface area (TPSA) is 98.1 Å². The van der Waals surface area contributed by atoms with E-state index in [0.717, 1.165) is 16.9 Å². The first-order valence-electron chi connectivity index (χ1n) is 10.8. The standard InChI is InChI=1S/C27H27N5O2/c1-5-30-26-25(19(4)28)32(27(33)31(26)21-14-17(2)13-20(29)16-21)24-12-11-23(15-18(24)3)34-22-9-7-6-8-10-22/h5-16,28,30H,1,29H2,2-4H3. The highest BCUT2D eigenvalue weighted by Gasteiger charge is 2.24. The minimum Gasteiger partial charge on any atom is -0.457 e. The molecule has 1 heterocycles. The van der Waals surface area contributed by atoms with Crippen LogP contribution in [0.5, 0.6) is 11.5 Å². The quantitative estimate of drug-likeness (QED) is 0.252. The highest BCUT2D eigenvalue weighted by Crippen LogP contribution is 2.29. The van der Waals surface area contributed by atoms with Crippen molar-refractivity contribution < 1.29 is 4.74 Å². The van der Waals surface area contributed by atoms with Crippen LogP contribution < -0.4 is 21.5 Å². The summed E-state index contributed by atoms with van der Waals surface area (Å²) >= 11 is 0. The molecule has 0 amide bonds. The lowest BCUT2D eigenvalue weighted by Gasteiger charge is -2.13. The summed E-state index contributed by atoms with van der Waals surface area (Å²) in [6, 6.07) is 20.5. The Morgan fingerprint density at radius 3 is 2.38 bits per heavy atom. The molecule has 3 aromatic carbocycles. The first-order chi connectivity index (χ1) is 16.3. The zero-order valence-electron chi connectivity index (χ0n) is 19.4. The van der Waals surface area contributed by atoms with Gasteiger partial charge in [0, 0.05) is 5.69 Å². The number of ether oxygens (including phenoxy) is 1. The molecule has 1 aromatic heterocycles. The monoisotopic (exact) mass is 453 g/mol. The molecule has 0 saturated carbocycles. The molecular weight excluding hydrogens is 426 g/mol. The fourth-order valence-electron chi connectivity index (χ4n) is 4.03. The van der Waals surface area contributed by atoms with Crippen LogP contribution >= 0.6 is 0 Å². The van der Waals surface area contributed by atoms with Crippen molar-refractivity contribution in [1.82, 2.24) is 9.13 Å². The van der Waals surface area contributed by atoms with Crippen molar-refractivity contribution in [3.05, 3.63) is 107 Å². The van der Waals surface area contributed by atoms with Crippen molar-refractivity contribution in [3.63, 3.8) is 0 Å². The second-order valence-corrected chi connectivity index (χ2v) is 8.09. The Hall–Kier alpha value is -4.52. The summed E-state index contributed by atoms with van der Waals surface area (Å²) in [5.74, 6) is 1.83. The molecule has 0 fully saturated rings. The summed E-state index contributed by atoms with van der Waals surface area (Å²) in [5, 5.41) is 11.5. The first kappa shape index (κ1) is 22.7. The third-order valence-corrected chi connectivity index (χ3v) is 5.38. The van der Waals surface area contributed by atoms with Crippen molar-refractivity contribution in [2.75, 3.05) is 11.1 Å². The molecule has 0 aliphatic carbocycles. The molecule has 0 atom stereocenters. The molecule has 7 nitrogen and oxygen atoms in total. The third kappa shape index (κ3) is 4.23. The molecule has 34 heavy (non-hydrogen) atoms. The molecule has 4 rings (SSSR count). The maximum atomic E-state index is 13.8. The lowest BCUT2D eigenvalue weighted by molar-refractivity contribution is 0.482. The van der Waals surface area contributed by atoms with E-state index in [-0.39, 0.29) is 11.4 Å². The molecule has 4 aromatic rings. The summed E-state index contributed by atoms with van der Waals surface area (Å²) < 4.78 is 9.00. The van der Waals surface area contributed by atoms with Crippen LogP contribution in [0.4, 0.5) is 11.5 Å². The lowest BCUT2D eigenvalue weighted by atomic mass is 10.1. The van der Waals surface area contributed by atoms with Gasteiger partial charge in [0.15, 0.2) is 0 Å². The van der Waals surface area contributed by atoms with Gasteiger partial charge in [-0.25, -0.2) is 9.36 Å². The van der Waals surface area contributed by atoms with Crippen molar-refractivity contribution >= 4 is 17.2 Å². The van der Waals surface area contributed by atoms with E-state index in [0.29, 0.717) is 34.3 Å². The van der Waals surface area contributed by atoms with E-state index in [1.165, 1.54) is 15.3 Å². The van der Waals surface area contributed by atoms with Crippen LogP contribution in [-0.2, 0) is 0 Å². The summed E-state index contributed by atoms with van der Waals surface area (Å²) in [4.78, 5) is 13.8. The summed E-state index contributed by atoms with van der Waals surface area (Å²) in [6.07, 6.45) is 1.49. The molecule has 4 N–H and O–H groups in total. The van der Waals surface area contributed by atoms with Crippen LogP contribution in [-0.4, -0.2) is 14.8 Å². The van der Waals surface area contributed by atoms with Crippen molar-refractivity contribution in [2.24, 2.45) is 0 Å². The van der Waals surface area contributed by atoms with Crippen molar-refractivity contribution in [3.8, 4) is 22.9 Å². The van der Waals surface area contributed by atoms with Crippen molar-refractivity contribution in [1.29, 1.82) is 5.41 Å². The maximum Gasteiger partial charge on any atom is 0.339 e. The molecule has 0 unspecified atom stereocenters. The third-order valence-electron chi connectivity index (χ3n) is 5.38. The number of benzene rings is 3. The molecule has 7 heteroatoms. The number of nitrogens with zero attached hydrogens (tertiary/aromatic N) is 2. The number of nitrogen functional groups attached to an aromatic ring is 1. The van der Waals surface area contributed by atoms with E-state index in [1.807, 2.05) is 74.5 Å². The first-order valence-corrected chi connectivity index (χ1v) is 10.8. The number of aryl methyl sites for hydroxylation is 2. The Balaban J connectivity index is 1.92. The van der Waals surface area contributed by atoms with Gasteiger partial charge >= 0.3 is 5.69 Å². The molecule has 0 saturated heterocycles. The highest BCUT2D eigenvalue weighted by molar-refractivity contribution is 6.00. The van der Waals surface area contributed by atoms with Gasteiger partial charge in [-0.1, -0.05) is 24.8 Å². The number of imidazole rings is 1. The molecule has 0 radical (unpaired) electrons. The largest absolute Gasteiger partial charge is 0.457 e. The summed E-state index contributed by atoms with van der Waals surface area (Å²) in [7, 11) is 0. The van der Waals surface area contributed by atoms with Gasteiger partial charge in [0.1, 0.15) is 23.0 Å². The SMILES string of the molecule is C=CNc1c(C(C)=N)n(-c2ccc(Oc3ccccc3)cc2C)c(=O)n1-c1cc(C)cc(N)c1. The van der Waals surface area contributed by atoms with E-state index in [4.69, 9.17) is 15.9 Å². The number of hydrogen-bond acceptors (Lipinski definition) is 5. The zero-order valence-corrected chi connectivity index (χ0v) is 19.4. The lowest BCUT2D eigenvalue weighted by Crippen LogP contribution is -2.24. The van der Waals surface area contributed by atoms with Gasteiger partial charge in [-0.2, -0.15) is 0 Å². The van der Waals surface area contributed by atoms with E-state index in [1.54, 1.807) is 13.0 Å². The predicted molar refractivity (Wildman–Crippen MR) is 138 cm³/mol. The zero-order chi connectivity index (χ0) is 24.4. The second-order valence-electron chi connectivity index (χ2n) is 8.09. The average Bonchev–Trinajstić information content (AvgIpc) is 3.06. The Bertz CT molecular complexity index is 1430. The van der Waals surface area contributed by atoms with Gasteiger partial charge in [-0.15, -0.1) is 0 Å². The predicted octanol–water partition coefficient (Wildman–Crippen LogP) is 5.56. The highest BCUT2D eigenvalue weighted by atomic mass is 16.5. The van der Waals surface area contributed by atoms with Crippen LogP contribution in [0.2, 0.25) is 0 Å². The van der Waals surface area contributed by atoms with Crippen molar-refractivity contribution in [2.45, 2.75) is 20.8 Å². The summed E-state index contributed by atoms with van der Waals surface area (Å²) in [5.41, 5.74) is 9.96. The van der Waals surface area contributed by atoms with Gasteiger partial charge in [0.05, 0.1) is 17.1 Å². The van der Waals surface area contributed by atoms with Crippen LogP contribution in [0, 0.1) is 19.3 Å². The molecular formula is C27H27N5O2. The second kappa shape index (κ2) is 9.15. The van der Waals surface area contributed by atoms with E-state index in [2.05, 4.69) is 11.9 Å². The Labute approximate surface area is 198 Å². The minimum absolute atomic E-state index is 0.227. The molecule has 0 aliphatic heterocycles. The molecule has 0 spiro atoms.